The van der Waals surface area contributed by atoms with Gasteiger partial charge in [-0.2, -0.15) is 0 Å². The third kappa shape index (κ3) is 4.40. The fourth-order valence-corrected chi connectivity index (χ4v) is 1.54. The number of carboxylic acid groups (broad SMARTS) is 2. The molecule has 0 radical (unpaired) electrons. The van der Waals surface area contributed by atoms with E-state index in [-0.39, 0.29) is 12.2 Å². The van der Waals surface area contributed by atoms with Gasteiger partial charge >= 0.3 is 17.8 Å². The van der Waals surface area contributed by atoms with Crippen molar-refractivity contribution in [3.63, 3.8) is 0 Å². The van der Waals surface area contributed by atoms with Crippen molar-refractivity contribution in [2.45, 2.75) is 18.9 Å². The minimum Gasteiger partial charge on any atom is -0.481 e. The first-order valence-corrected chi connectivity index (χ1v) is 5.88. The lowest BCUT2D eigenvalue weighted by molar-refractivity contribution is -0.389. The number of carbonyl (C=O) groups excluding carboxylic acids is 1. The van der Waals surface area contributed by atoms with Gasteiger partial charge in [-0.1, -0.05) is 0 Å². The summed E-state index contributed by atoms with van der Waals surface area (Å²) in [6.45, 7) is 0. The first-order chi connectivity index (χ1) is 10.2. The number of carbonyl (C=O) groups is 3. The van der Waals surface area contributed by atoms with Crippen LogP contribution in [0.4, 0.5) is 11.6 Å². The van der Waals surface area contributed by atoms with Crippen molar-refractivity contribution >= 4 is 29.5 Å². The van der Waals surface area contributed by atoms with Gasteiger partial charge < -0.3 is 31.4 Å². The summed E-state index contributed by atoms with van der Waals surface area (Å²) in [6, 6.07) is 0.682. The molecule has 1 aromatic rings. The maximum Gasteiger partial charge on any atom is 0.378 e. The van der Waals surface area contributed by atoms with Gasteiger partial charge in [0.25, 0.3) is 5.91 Å². The lowest BCUT2D eigenvalue weighted by atomic mass is 10.1. The molecule has 1 aromatic heterocycles. The van der Waals surface area contributed by atoms with Crippen molar-refractivity contribution in [3.05, 3.63) is 27.8 Å². The fraction of sp³-hybridized carbons (Fsp3) is 0.273. The molecule has 118 valence electrons. The van der Waals surface area contributed by atoms with Crippen molar-refractivity contribution in [2.24, 2.45) is 0 Å². The third-order valence-electron chi connectivity index (χ3n) is 2.56. The average Bonchev–Trinajstić information content (AvgIpc) is 2.42. The van der Waals surface area contributed by atoms with E-state index in [1.54, 1.807) is 0 Å². The monoisotopic (exact) mass is 312 g/mol. The number of nitrogens with zero attached hydrogens (tertiary/aromatic N) is 2. The minimum atomic E-state index is -1.50. The van der Waals surface area contributed by atoms with Crippen LogP contribution in [0.2, 0.25) is 0 Å². The fourth-order valence-electron chi connectivity index (χ4n) is 1.54. The number of aliphatic carboxylic acids is 2. The molecular formula is C11H12N4O7. The van der Waals surface area contributed by atoms with Crippen LogP contribution in [-0.2, 0) is 9.59 Å². The predicted molar refractivity (Wildman–Crippen MR) is 71.1 cm³/mol. The molecule has 0 bridgehead atoms. The molecule has 11 heteroatoms. The number of hydrogen-bond acceptors (Lipinski definition) is 7. The van der Waals surface area contributed by atoms with Crippen molar-refractivity contribution in [1.82, 2.24) is 10.3 Å². The highest BCUT2D eigenvalue weighted by molar-refractivity contribution is 5.99. The highest BCUT2D eigenvalue weighted by Crippen LogP contribution is 2.17. The highest BCUT2D eigenvalue weighted by Gasteiger charge is 2.27. The average molecular weight is 312 g/mol. The number of aromatic nitrogens is 1. The van der Waals surface area contributed by atoms with Gasteiger partial charge in [0, 0.05) is 12.5 Å². The topological polar surface area (TPSA) is 186 Å². The van der Waals surface area contributed by atoms with E-state index in [1.165, 1.54) is 0 Å². The number of nitrogen functional groups attached to an aromatic ring is 1. The summed E-state index contributed by atoms with van der Waals surface area (Å²) >= 11 is 0. The Kier molecular flexibility index (Phi) is 5.32. The van der Waals surface area contributed by atoms with Gasteiger partial charge in [-0.3, -0.25) is 9.59 Å². The van der Waals surface area contributed by atoms with Gasteiger partial charge in [-0.25, -0.2) is 4.79 Å². The van der Waals surface area contributed by atoms with Crippen LogP contribution in [-0.4, -0.2) is 44.0 Å². The number of rotatable bonds is 7. The van der Waals surface area contributed by atoms with Crippen LogP contribution in [0.25, 0.3) is 0 Å². The largest absolute Gasteiger partial charge is 0.481 e. The lowest BCUT2D eigenvalue weighted by Crippen LogP contribution is -2.41. The second-order valence-corrected chi connectivity index (χ2v) is 4.16. The van der Waals surface area contributed by atoms with E-state index in [9.17, 15) is 24.5 Å². The Labute approximate surface area is 122 Å². The molecule has 0 fully saturated rings. The van der Waals surface area contributed by atoms with E-state index in [1.807, 2.05) is 5.32 Å². The quantitative estimate of drug-likeness (QED) is 0.384. The van der Waals surface area contributed by atoms with Gasteiger partial charge in [-0.05, 0) is 22.4 Å². The summed E-state index contributed by atoms with van der Waals surface area (Å²) in [5.41, 5.74) is 4.82. The van der Waals surface area contributed by atoms with Gasteiger partial charge in [0.2, 0.25) is 5.82 Å². The van der Waals surface area contributed by atoms with E-state index in [0.29, 0.717) is 0 Å². The normalized spacial score (nSPS) is 11.5. The number of pyridine rings is 1. The van der Waals surface area contributed by atoms with E-state index in [2.05, 4.69) is 4.98 Å². The van der Waals surface area contributed by atoms with Gasteiger partial charge in [0.05, 0.1) is 0 Å². The predicted octanol–water partition coefficient (Wildman–Crippen LogP) is -0.380. The molecule has 0 aromatic carbocycles. The van der Waals surface area contributed by atoms with Gasteiger partial charge in [-0.15, -0.1) is 0 Å². The molecule has 0 saturated carbocycles. The van der Waals surface area contributed by atoms with E-state index >= 15 is 0 Å². The summed E-state index contributed by atoms with van der Waals surface area (Å²) in [4.78, 5) is 46.6. The first-order valence-electron chi connectivity index (χ1n) is 5.88. The standard InChI is InChI=1S/C11H12N4O7/c12-7-3-1-5(9(14-7)15(21)22)10(18)13-6(11(19)20)2-4-8(16)17/h1,3,6H,2,4H2,(H2,12,14)(H,13,18)(H,16,17)(H,19,20)/t6-/m0/s1. The minimum absolute atomic E-state index is 0.177. The molecule has 1 amide bonds. The highest BCUT2D eigenvalue weighted by atomic mass is 16.6. The molecular weight excluding hydrogens is 300 g/mol. The van der Waals surface area contributed by atoms with Crippen molar-refractivity contribution < 1.29 is 29.5 Å². The van der Waals surface area contributed by atoms with Crippen molar-refractivity contribution in [2.75, 3.05) is 5.73 Å². The Bertz CT molecular complexity index is 631. The van der Waals surface area contributed by atoms with Crippen molar-refractivity contribution in [3.8, 4) is 0 Å². The molecule has 1 atom stereocenters. The van der Waals surface area contributed by atoms with Gasteiger partial charge in [0.15, 0.2) is 0 Å². The Balaban J connectivity index is 2.97. The summed E-state index contributed by atoms with van der Waals surface area (Å²) in [6.07, 6.45) is -0.855. The number of amides is 1. The summed E-state index contributed by atoms with van der Waals surface area (Å²) in [7, 11) is 0. The maximum atomic E-state index is 11.9. The van der Waals surface area contributed by atoms with E-state index < -0.39 is 46.6 Å². The van der Waals surface area contributed by atoms with Crippen LogP contribution in [0.3, 0.4) is 0 Å². The number of nitrogens with one attached hydrogen (secondary N) is 1. The van der Waals surface area contributed by atoms with Crippen LogP contribution < -0.4 is 11.1 Å². The molecule has 0 aliphatic heterocycles. The molecule has 5 N–H and O–H groups in total. The smallest absolute Gasteiger partial charge is 0.378 e. The molecule has 0 unspecified atom stereocenters. The number of anilines is 1. The zero-order valence-corrected chi connectivity index (χ0v) is 11.1. The second-order valence-electron chi connectivity index (χ2n) is 4.16. The summed E-state index contributed by atoms with van der Waals surface area (Å²) in [5.74, 6) is -4.75. The van der Waals surface area contributed by atoms with Crippen LogP contribution >= 0.6 is 0 Å². The molecule has 22 heavy (non-hydrogen) atoms. The summed E-state index contributed by atoms with van der Waals surface area (Å²) < 4.78 is 0. The Hall–Kier alpha value is -3.24. The SMILES string of the molecule is Nc1ccc(C(=O)N[C@@H](CCC(=O)O)C(=O)O)c([N+](=O)[O-])n1. The zero-order chi connectivity index (χ0) is 16.9. The maximum absolute atomic E-state index is 11.9. The lowest BCUT2D eigenvalue weighted by Gasteiger charge is -2.13. The van der Waals surface area contributed by atoms with Crippen LogP contribution in [0.15, 0.2) is 12.1 Å². The molecule has 1 heterocycles. The number of nitrogens with two attached hydrogens (primary N) is 1. The first kappa shape index (κ1) is 16.8. The van der Waals surface area contributed by atoms with Crippen LogP contribution in [0, 0.1) is 10.1 Å². The molecule has 1 rings (SSSR count). The molecule has 0 saturated heterocycles. The number of hydrogen-bond donors (Lipinski definition) is 4. The molecule has 0 spiro atoms. The number of carboxylic acids is 2. The second kappa shape index (κ2) is 6.97. The summed E-state index contributed by atoms with van der Waals surface area (Å²) in [5, 5.41) is 30.3. The zero-order valence-electron chi connectivity index (χ0n) is 11.1. The van der Waals surface area contributed by atoms with Crippen molar-refractivity contribution in [1.29, 1.82) is 0 Å². The Morgan fingerprint density at radius 3 is 2.50 bits per heavy atom. The Morgan fingerprint density at radius 1 is 1.36 bits per heavy atom. The van der Waals surface area contributed by atoms with Gasteiger partial charge in [0.1, 0.15) is 11.6 Å². The molecule has 11 nitrogen and oxygen atoms in total. The van der Waals surface area contributed by atoms with Crippen LogP contribution in [0.5, 0.6) is 0 Å². The third-order valence-corrected chi connectivity index (χ3v) is 2.56. The van der Waals surface area contributed by atoms with E-state index in [0.717, 1.165) is 12.1 Å². The van der Waals surface area contributed by atoms with Crippen LogP contribution in [0.1, 0.15) is 23.2 Å². The number of nitro groups is 1. The molecule has 0 aliphatic carbocycles. The molecule has 0 aliphatic rings. The van der Waals surface area contributed by atoms with E-state index in [4.69, 9.17) is 15.9 Å². The Morgan fingerprint density at radius 2 is 2.00 bits per heavy atom.